The number of hydrogen-bond acceptors (Lipinski definition) is 6. The minimum absolute atomic E-state index is 0.136. The summed E-state index contributed by atoms with van der Waals surface area (Å²) >= 11 is 1.31. The van der Waals surface area contributed by atoms with E-state index in [4.69, 9.17) is 5.26 Å². The van der Waals surface area contributed by atoms with Crippen LogP contribution >= 0.6 is 11.3 Å². The molecule has 31 heavy (non-hydrogen) atoms. The molecule has 0 saturated carbocycles. The summed E-state index contributed by atoms with van der Waals surface area (Å²) in [6.45, 7) is 3.86. The van der Waals surface area contributed by atoms with Crippen LogP contribution in [0.3, 0.4) is 0 Å². The first-order valence-corrected chi connectivity index (χ1v) is 10.6. The molecule has 4 rings (SSSR count). The zero-order valence-electron chi connectivity index (χ0n) is 17.0. The SMILES string of the molecule is Cc1ccc(C)c(N2N=C(C(=O)Nc3nc(-c4ccc(C#N)cc4)cs3)CCC2=O)c1. The monoisotopic (exact) mass is 429 g/mol. The molecule has 0 fully saturated rings. The number of nitriles is 1. The molecule has 0 radical (unpaired) electrons. The van der Waals surface area contributed by atoms with Gasteiger partial charge >= 0.3 is 0 Å². The Labute approximate surface area is 183 Å². The Morgan fingerprint density at radius 2 is 1.94 bits per heavy atom. The number of rotatable bonds is 4. The second-order valence-electron chi connectivity index (χ2n) is 7.22. The fourth-order valence-corrected chi connectivity index (χ4v) is 3.92. The highest BCUT2D eigenvalue weighted by atomic mass is 32.1. The molecule has 2 aromatic carbocycles. The zero-order chi connectivity index (χ0) is 22.0. The highest BCUT2D eigenvalue weighted by Crippen LogP contribution is 2.27. The van der Waals surface area contributed by atoms with Crippen molar-refractivity contribution in [2.24, 2.45) is 5.10 Å². The van der Waals surface area contributed by atoms with Crippen LogP contribution in [0.1, 0.15) is 29.5 Å². The number of nitrogens with zero attached hydrogens (tertiary/aromatic N) is 4. The fourth-order valence-electron chi connectivity index (χ4n) is 3.20. The van der Waals surface area contributed by atoms with Crippen molar-refractivity contribution in [3.05, 3.63) is 64.5 Å². The van der Waals surface area contributed by atoms with Gasteiger partial charge in [0.15, 0.2) is 5.13 Å². The van der Waals surface area contributed by atoms with E-state index in [1.807, 2.05) is 49.6 Å². The second-order valence-corrected chi connectivity index (χ2v) is 8.08. The maximum Gasteiger partial charge on any atom is 0.273 e. The average Bonchev–Trinajstić information content (AvgIpc) is 3.24. The van der Waals surface area contributed by atoms with Gasteiger partial charge in [-0.1, -0.05) is 24.3 Å². The summed E-state index contributed by atoms with van der Waals surface area (Å²) in [5.41, 5.74) is 5.04. The van der Waals surface area contributed by atoms with Gasteiger partial charge in [0.05, 0.1) is 23.0 Å². The second kappa shape index (κ2) is 8.50. The number of thiazole rings is 1. The number of nitrogens with one attached hydrogen (secondary N) is 1. The highest BCUT2D eigenvalue weighted by molar-refractivity contribution is 7.14. The summed E-state index contributed by atoms with van der Waals surface area (Å²) < 4.78 is 0. The quantitative estimate of drug-likeness (QED) is 0.664. The zero-order valence-corrected chi connectivity index (χ0v) is 17.9. The minimum Gasteiger partial charge on any atom is -0.297 e. The van der Waals surface area contributed by atoms with Gasteiger partial charge in [-0.05, 0) is 43.2 Å². The summed E-state index contributed by atoms with van der Waals surface area (Å²) in [5, 5.41) is 19.7. The van der Waals surface area contributed by atoms with Gasteiger partial charge in [-0.15, -0.1) is 11.3 Å². The first-order chi connectivity index (χ1) is 14.9. The first kappa shape index (κ1) is 20.4. The molecule has 0 atom stereocenters. The van der Waals surface area contributed by atoms with Crippen molar-refractivity contribution in [1.82, 2.24) is 4.98 Å². The number of carbonyl (C=O) groups excluding carboxylic acids is 2. The van der Waals surface area contributed by atoms with Gasteiger partial charge in [0.1, 0.15) is 5.71 Å². The number of carbonyl (C=O) groups is 2. The van der Waals surface area contributed by atoms with Crippen LogP contribution in [-0.4, -0.2) is 22.5 Å². The first-order valence-electron chi connectivity index (χ1n) is 9.69. The third-order valence-corrected chi connectivity index (χ3v) is 5.68. The highest BCUT2D eigenvalue weighted by Gasteiger charge is 2.27. The molecule has 0 spiro atoms. The van der Waals surface area contributed by atoms with Crippen molar-refractivity contribution in [3.8, 4) is 17.3 Å². The van der Waals surface area contributed by atoms with Crippen LogP contribution in [0.4, 0.5) is 10.8 Å². The van der Waals surface area contributed by atoms with E-state index in [9.17, 15) is 9.59 Å². The van der Waals surface area contributed by atoms with Crippen LogP contribution in [0.5, 0.6) is 0 Å². The van der Waals surface area contributed by atoms with Crippen LogP contribution in [0.25, 0.3) is 11.3 Å². The molecule has 2 heterocycles. The molecule has 0 saturated heterocycles. The van der Waals surface area contributed by atoms with Crippen molar-refractivity contribution in [1.29, 1.82) is 5.26 Å². The third kappa shape index (κ3) is 4.37. The van der Waals surface area contributed by atoms with E-state index in [2.05, 4.69) is 21.5 Å². The predicted molar refractivity (Wildman–Crippen MR) is 121 cm³/mol. The van der Waals surface area contributed by atoms with Gasteiger partial charge in [-0.2, -0.15) is 10.4 Å². The van der Waals surface area contributed by atoms with Crippen LogP contribution < -0.4 is 10.3 Å². The van der Waals surface area contributed by atoms with E-state index in [0.717, 1.165) is 16.7 Å². The summed E-state index contributed by atoms with van der Waals surface area (Å²) in [6, 6.07) is 15.0. The summed E-state index contributed by atoms with van der Waals surface area (Å²) in [5.74, 6) is -0.508. The summed E-state index contributed by atoms with van der Waals surface area (Å²) in [4.78, 5) is 29.7. The average molecular weight is 430 g/mol. The molecule has 7 nitrogen and oxygen atoms in total. The summed E-state index contributed by atoms with van der Waals surface area (Å²) in [6.07, 6.45) is 0.494. The number of benzene rings is 2. The Bertz CT molecular complexity index is 1240. The van der Waals surface area contributed by atoms with Crippen molar-refractivity contribution in [2.45, 2.75) is 26.7 Å². The molecule has 0 unspecified atom stereocenters. The fraction of sp³-hybridized carbons (Fsp3) is 0.174. The lowest BCUT2D eigenvalue weighted by molar-refractivity contribution is -0.118. The van der Waals surface area contributed by atoms with Gasteiger partial charge in [0, 0.05) is 23.8 Å². The van der Waals surface area contributed by atoms with E-state index in [0.29, 0.717) is 22.1 Å². The van der Waals surface area contributed by atoms with E-state index < -0.39 is 0 Å². The third-order valence-electron chi connectivity index (χ3n) is 4.92. The van der Waals surface area contributed by atoms with Gasteiger partial charge < -0.3 is 0 Å². The molecule has 2 amide bonds. The predicted octanol–water partition coefficient (Wildman–Crippen LogP) is 4.42. The lowest BCUT2D eigenvalue weighted by Gasteiger charge is -2.24. The van der Waals surface area contributed by atoms with Crippen LogP contribution in [0.15, 0.2) is 52.9 Å². The van der Waals surface area contributed by atoms with Crippen molar-refractivity contribution < 1.29 is 9.59 Å². The topological polar surface area (TPSA) is 98.4 Å². The molecule has 1 aliphatic rings. The van der Waals surface area contributed by atoms with Crippen LogP contribution in [0, 0.1) is 25.2 Å². The molecule has 1 N–H and O–H groups in total. The van der Waals surface area contributed by atoms with E-state index in [1.54, 1.807) is 12.1 Å². The Hall–Kier alpha value is -3.83. The number of anilines is 2. The number of aromatic nitrogens is 1. The van der Waals surface area contributed by atoms with E-state index in [-0.39, 0.29) is 30.4 Å². The molecule has 1 aliphatic heterocycles. The Balaban J connectivity index is 1.53. The number of aryl methyl sites for hydroxylation is 2. The lowest BCUT2D eigenvalue weighted by atomic mass is 10.1. The Kier molecular flexibility index (Phi) is 5.60. The van der Waals surface area contributed by atoms with E-state index in [1.165, 1.54) is 16.3 Å². The maximum absolute atomic E-state index is 12.8. The molecule has 154 valence electrons. The van der Waals surface area contributed by atoms with Gasteiger partial charge in [0.25, 0.3) is 5.91 Å². The molecule has 1 aromatic heterocycles. The molecular formula is C23H19N5O2S. The Morgan fingerprint density at radius 3 is 2.68 bits per heavy atom. The Morgan fingerprint density at radius 1 is 1.16 bits per heavy atom. The molecule has 8 heteroatoms. The number of hydrazone groups is 1. The molecule has 0 bridgehead atoms. The summed E-state index contributed by atoms with van der Waals surface area (Å²) in [7, 11) is 0. The maximum atomic E-state index is 12.8. The van der Waals surface area contributed by atoms with Crippen LogP contribution in [0.2, 0.25) is 0 Å². The standard InChI is InChI=1S/C23H19N5O2S/c1-14-3-4-15(2)20(11-14)28-21(29)10-9-18(27-28)22(30)26-23-25-19(13-31-23)17-7-5-16(12-24)6-8-17/h3-8,11,13H,9-10H2,1-2H3,(H,25,26,30). The largest absolute Gasteiger partial charge is 0.297 e. The smallest absolute Gasteiger partial charge is 0.273 e. The molecular weight excluding hydrogens is 410 g/mol. The van der Waals surface area contributed by atoms with E-state index >= 15 is 0 Å². The number of hydrogen-bond donors (Lipinski definition) is 1. The van der Waals surface area contributed by atoms with Gasteiger partial charge in [0.2, 0.25) is 5.91 Å². The lowest BCUT2D eigenvalue weighted by Crippen LogP contribution is -2.36. The molecule has 0 aliphatic carbocycles. The minimum atomic E-state index is -0.372. The van der Waals surface area contributed by atoms with Gasteiger partial charge in [-0.3, -0.25) is 14.9 Å². The van der Waals surface area contributed by atoms with Gasteiger partial charge in [-0.25, -0.2) is 9.99 Å². The normalized spacial score (nSPS) is 13.5. The van der Waals surface area contributed by atoms with Crippen molar-refractivity contribution in [3.63, 3.8) is 0 Å². The van der Waals surface area contributed by atoms with Crippen molar-refractivity contribution >= 4 is 39.7 Å². The van der Waals surface area contributed by atoms with Crippen molar-refractivity contribution in [2.75, 3.05) is 10.3 Å². The van der Waals surface area contributed by atoms with Crippen LogP contribution in [-0.2, 0) is 9.59 Å². The number of amides is 2. The molecule has 3 aromatic rings.